The molecular weight excluding hydrogens is 421 g/mol. The van der Waals surface area contributed by atoms with E-state index in [4.69, 9.17) is 0 Å². The van der Waals surface area contributed by atoms with Crippen molar-refractivity contribution in [3.63, 3.8) is 0 Å². The Hall–Kier alpha value is -1.39. The summed E-state index contributed by atoms with van der Waals surface area (Å²) in [4.78, 5) is 17.9. The maximum atomic E-state index is 11.8. The first kappa shape index (κ1) is 20.7. The average molecular weight is 449 g/mol. The van der Waals surface area contributed by atoms with Gasteiger partial charge in [-0.25, -0.2) is 4.99 Å². The van der Waals surface area contributed by atoms with E-state index in [-0.39, 0.29) is 36.4 Å². The molecular formula is C15H28IN7O. The summed E-state index contributed by atoms with van der Waals surface area (Å²) in [5.74, 6) is 2.33. The van der Waals surface area contributed by atoms with E-state index in [1.54, 1.807) is 19.0 Å². The largest absolute Gasteiger partial charge is 0.354 e. The minimum absolute atomic E-state index is 0. The number of rotatable bonds is 5. The van der Waals surface area contributed by atoms with Gasteiger partial charge in [0.05, 0.1) is 6.54 Å². The third-order valence-corrected chi connectivity index (χ3v) is 4.16. The lowest BCUT2D eigenvalue weighted by Gasteiger charge is -2.18. The van der Waals surface area contributed by atoms with E-state index in [2.05, 4.69) is 25.8 Å². The van der Waals surface area contributed by atoms with Gasteiger partial charge in [-0.05, 0) is 19.8 Å². The van der Waals surface area contributed by atoms with Gasteiger partial charge in [0.15, 0.2) is 11.8 Å². The second kappa shape index (κ2) is 9.80. The highest BCUT2D eigenvalue weighted by Crippen LogP contribution is 2.17. The Bertz CT molecular complexity index is 564. The van der Waals surface area contributed by atoms with Crippen LogP contribution in [0.4, 0.5) is 0 Å². The van der Waals surface area contributed by atoms with Gasteiger partial charge in [0.25, 0.3) is 0 Å². The molecule has 0 unspecified atom stereocenters. The Balaban J connectivity index is 0.00000288. The van der Waals surface area contributed by atoms with Crippen LogP contribution >= 0.6 is 24.0 Å². The van der Waals surface area contributed by atoms with Crippen molar-refractivity contribution in [2.75, 3.05) is 20.6 Å². The van der Waals surface area contributed by atoms with Gasteiger partial charge in [0, 0.05) is 27.2 Å². The average Bonchev–Trinajstić information content (AvgIpc) is 3.13. The molecule has 8 nitrogen and oxygen atoms in total. The fraction of sp³-hybridized carbons (Fsp3) is 0.733. The smallest absolute Gasteiger partial charge is 0.241 e. The van der Waals surface area contributed by atoms with Crippen molar-refractivity contribution in [2.45, 2.75) is 45.2 Å². The number of nitrogens with one attached hydrogen (secondary N) is 2. The maximum absolute atomic E-state index is 11.8. The highest BCUT2D eigenvalue weighted by atomic mass is 127. The van der Waals surface area contributed by atoms with Crippen molar-refractivity contribution < 1.29 is 4.79 Å². The Labute approximate surface area is 160 Å². The normalized spacial score (nSPS) is 15.1. The van der Waals surface area contributed by atoms with Crippen molar-refractivity contribution in [1.82, 2.24) is 30.3 Å². The van der Waals surface area contributed by atoms with Gasteiger partial charge in [0.2, 0.25) is 5.91 Å². The van der Waals surface area contributed by atoms with E-state index in [1.807, 2.05) is 18.5 Å². The second-order valence-electron chi connectivity index (χ2n) is 6.15. The Morgan fingerprint density at radius 2 is 2.00 bits per heavy atom. The summed E-state index contributed by atoms with van der Waals surface area (Å²) in [5, 5.41) is 14.7. The minimum Gasteiger partial charge on any atom is -0.354 e. The number of aliphatic imine (C=N–C) groups is 1. The number of hydrogen-bond donors (Lipinski definition) is 2. The molecule has 1 amide bonds. The molecule has 1 aromatic heterocycles. The first-order valence-corrected chi connectivity index (χ1v) is 8.07. The molecule has 1 heterocycles. The summed E-state index contributed by atoms with van der Waals surface area (Å²) in [6.07, 6.45) is 4.77. The van der Waals surface area contributed by atoms with Gasteiger partial charge in [-0.2, -0.15) is 0 Å². The number of hydrogen-bond acceptors (Lipinski definition) is 4. The molecule has 2 N–H and O–H groups in total. The molecule has 2 rings (SSSR count). The molecule has 0 bridgehead atoms. The van der Waals surface area contributed by atoms with Crippen LogP contribution in [0.5, 0.6) is 0 Å². The molecule has 0 aromatic carbocycles. The molecule has 1 fully saturated rings. The number of aryl methyl sites for hydroxylation is 1. The molecule has 1 aliphatic carbocycles. The monoisotopic (exact) mass is 449 g/mol. The number of amides is 1. The van der Waals surface area contributed by atoms with Crippen LogP contribution in [0.15, 0.2) is 4.99 Å². The Morgan fingerprint density at radius 1 is 1.33 bits per heavy atom. The zero-order valence-electron chi connectivity index (χ0n) is 14.9. The zero-order valence-corrected chi connectivity index (χ0v) is 17.2. The molecule has 0 aliphatic heterocycles. The van der Waals surface area contributed by atoms with Crippen LogP contribution in [-0.4, -0.2) is 58.2 Å². The van der Waals surface area contributed by atoms with Gasteiger partial charge in [-0.3, -0.25) is 4.79 Å². The Morgan fingerprint density at radius 3 is 2.54 bits per heavy atom. The van der Waals surface area contributed by atoms with Crippen LogP contribution in [0, 0.1) is 6.92 Å². The number of guanidine groups is 1. The molecule has 136 valence electrons. The molecule has 0 radical (unpaired) electrons. The first-order chi connectivity index (χ1) is 11.0. The highest BCUT2D eigenvalue weighted by Gasteiger charge is 2.17. The zero-order chi connectivity index (χ0) is 16.8. The molecule has 1 aliphatic rings. The SMILES string of the molecule is Cc1nnc(CN=C(NCC(=O)N(C)C)NC2CCCC2)n1C.I. The van der Waals surface area contributed by atoms with Gasteiger partial charge in [0.1, 0.15) is 12.4 Å². The number of halogens is 1. The van der Waals surface area contributed by atoms with Crippen LogP contribution in [0.2, 0.25) is 0 Å². The molecule has 1 aromatic rings. The van der Waals surface area contributed by atoms with Crippen molar-refractivity contribution >= 4 is 35.8 Å². The Kier molecular flexibility index (Phi) is 8.43. The molecule has 0 spiro atoms. The van der Waals surface area contributed by atoms with Gasteiger partial charge in [-0.15, -0.1) is 34.2 Å². The van der Waals surface area contributed by atoms with Crippen LogP contribution in [0.1, 0.15) is 37.3 Å². The third-order valence-electron chi connectivity index (χ3n) is 4.16. The van der Waals surface area contributed by atoms with E-state index >= 15 is 0 Å². The molecule has 24 heavy (non-hydrogen) atoms. The predicted octanol–water partition coefficient (Wildman–Crippen LogP) is 0.808. The van der Waals surface area contributed by atoms with E-state index in [0.29, 0.717) is 18.5 Å². The van der Waals surface area contributed by atoms with Crippen molar-refractivity contribution in [3.8, 4) is 0 Å². The minimum atomic E-state index is 0. The number of nitrogens with zero attached hydrogens (tertiary/aromatic N) is 5. The van der Waals surface area contributed by atoms with Crippen molar-refractivity contribution in [3.05, 3.63) is 11.6 Å². The summed E-state index contributed by atoms with van der Waals surface area (Å²) in [6, 6.07) is 0.428. The number of aromatic nitrogens is 3. The van der Waals surface area contributed by atoms with Crippen LogP contribution in [0.3, 0.4) is 0 Å². The fourth-order valence-corrected chi connectivity index (χ4v) is 2.47. The number of likely N-dealkylation sites (N-methyl/N-ethyl adjacent to an activating group) is 1. The van der Waals surface area contributed by atoms with Crippen molar-refractivity contribution in [1.29, 1.82) is 0 Å². The number of carbonyl (C=O) groups is 1. The summed E-state index contributed by atoms with van der Waals surface area (Å²) in [5.41, 5.74) is 0. The van der Waals surface area contributed by atoms with Crippen molar-refractivity contribution in [2.24, 2.45) is 12.0 Å². The summed E-state index contributed by atoms with van der Waals surface area (Å²) >= 11 is 0. The lowest BCUT2D eigenvalue weighted by atomic mass is 10.2. The van der Waals surface area contributed by atoms with Crippen LogP contribution in [0.25, 0.3) is 0 Å². The van der Waals surface area contributed by atoms with Gasteiger partial charge < -0.3 is 20.1 Å². The van der Waals surface area contributed by atoms with Gasteiger partial charge >= 0.3 is 0 Å². The van der Waals surface area contributed by atoms with Crippen LogP contribution in [-0.2, 0) is 18.4 Å². The lowest BCUT2D eigenvalue weighted by Crippen LogP contribution is -2.46. The first-order valence-electron chi connectivity index (χ1n) is 8.07. The highest BCUT2D eigenvalue weighted by molar-refractivity contribution is 14.0. The van der Waals surface area contributed by atoms with Gasteiger partial charge in [-0.1, -0.05) is 12.8 Å². The summed E-state index contributed by atoms with van der Waals surface area (Å²) in [6.45, 7) is 2.56. The fourth-order valence-electron chi connectivity index (χ4n) is 2.47. The quantitative estimate of drug-likeness (QED) is 0.395. The molecule has 0 atom stereocenters. The van der Waals surface area contributed by atoms with E-state index in [9.17, 15) is 4.79 Å². The third kappa shape index (κ3) is 5.91. The van der Waals surface area contributed by atoms with E-state index in [0.717, 1.165) is 24.5 Å². The standard InChI is InChI=1S/C15H27N7O.HI/c1-11-19-20-13(22(11)4)9-16-15(17-10-14(23)21(2)3)18-12-7-5-6-8-12;/h12H,5-10H2,1-4H3,(H2,16,17,18);1H. The topological polar surface area (TPSA) is 87.4 Å². The number of carbonyl (C=O) groups excluding carboxylic acids is 1. The summed E-state index contributed by atoms with van der Waals surface area (Å²) in [7, 11) is 5.41. The maximum Gasteiger partial charge on any atom is 0.241 e. The predicted molar refractivity (Wildman–Crippen MR) is 104 cm³/mol. The molecule has 0 saturated heterocycles. The van der Waals surface area contributed by atoms with Crippen LogP contribution < -0.4 is 10.6 Å². The summed E-state index contributed by atoms with van der Waals surface area (Å²) < 4.78 is 1.92. The second-order valence-corrected chi connectivity index (χ2v) is 6.15. The van der Waals surface area contributed by atoms with E-state index in [1.165, 1.54) is 12.8 Å². The molecule has 9 heteroatoms. The molecule has 1 saturated carbocycles. The van der Waals surface area contributed by atoms with E-state index < -0.39 is 0 Å². The lowest BCUT2D eigenvalue weighted by molar-refractivity contribution is -0.127.